The molecule has 3 atom stereocenters. The van der Waals surface area contributed by atoms with Crippen LogP contribution in [0.15, 0.2) is 30.3 Å². The highest BCUT2D eigenvalue weighted by molar-refractivity contribution is 5.77. The summed E-state index contributed by atoms with van der Waals surface area (Å²) < 4.78 is 8.39. The standard InChI is InChI=1S/C24H32N4O3/c1-16-13-17(2)28(26-16)18(3)14-22(29)25-20-15-24(10-9-23(30)27(4)12-11-24)31-21-8-6-5-7-19(20)21/h5-8,13,18,20H,9-12,14-15H2,1-4H3,(H,25,29)/t18-,20+,24+/m1/s1. The normalized spacial score (nSPS) is 24.3. The molecule has 7 heteroatoms. The molecule has 7 nitrogen and oxygen atoms in total. The van der Waals surface area contributed by atoms with Crippen LogP contribution in [0.4, 0.5) is 0 Å². The Morgan fingerprint density at radius 1 is 1.32 bits per heavy atom. The van der Waals surface area contributed by atoms with Crippen LogP contribution in [0, 0.1) is 13.8 Å². The Labute approximate surface area is 183 Å². The largest absolute Gasteiger partial charge is 0.487 e. The van der Waals surface area contributed by atoms with Gasteiger partial charge in [0.15, 0.2) is 0 Å². The third-order valence-corrected chi connectivity index (χ3v) is 6.60. The molecular weight excluding hydrogens is 392 g/mol. The number of likely N-dealkylation sites (tertiary alicyclic amines) is 1. The molecule has 1 spiro atoms. The second-order valence-corrected chi connectivity index (χ2v) is 9.14. The average molecular weight is 425 g/mol. The molecule has 0 aliphatic carbocycles. The molecule has 2 aromatic rings. The van der Waals surface area contributed by atoms with E-state index in [1.807, 2.05) is 62.8 Å². The molecule has 1 aromatic carbocycles. The summed E-state index contributed by atoms with van der Waals surface area (Å²) in [5.74, 6) is 0.958. The Balaban J connectivity index is 1.52. The minimum absolute atomic E-state index is 0.00118. The smallest absolute Gasteiger partial charge is 0.222 e. The molecule has 1 saturated heterocycles. The van der Waals surface area contributed by atoms with Gasteiger partial charge in [0.1, 0.15) is 11.4 Å². The van der Waals surface area contributed by atoms with Gasteiger partial charge in [-0.3, -0.25) is 14.3 Å². The van der Waals surface area contributed by atoms with Crippen LogP contribution in [-0.4, -0.2) is 45.7 Å². The molecule has 1 aromatic heterocycles. The molecule has 166 valence electrons. The van der Waals surface area contributed by atoms with Gasteiger partial charge in [-0.05, 0) is 39.3 Å². The van der Waals surface area contributed by atoms with Gasteiger partial charge in [0, 0.05) is 50.5 Å². The Kier molecular flexibility index (Phi) is 5.77. The van der Waals surface area contributed by atoms with Crippen molar-refractivity contribution < 1.29 is 14.3 Å². The van der Waals surface area contributed by atoms with Crippen LogP contribution in [0.25, 0.3) is 0 Å². The predicted molar refractivity (Wildman–Crippen MR) is 118 cm³/mol. The van der Waals surface area contributed by atoms with Crippen LogP contribution in [0.1, 0.15) is 68.1 Å². The summed E-state index contributed by atoms with van der Waals surface area (Å²) in [7, 11) is 1.84. The molecule has 1 N–H and O–H groups in total. The Hall–Kier alpha value is -2.83. The number of benzene rings is 1. The third-order valence-electron chi connectivity index (χ3n) is 6.60. The van der Waals surface area contributed by atoms with Crippen molar-refractivity contribution in [2.24, 2.45) is 0 Å². The van der Waals surface area contributed by atoms with E-state index >= 15 is 0 Å². The second kappa shape index (κ2) is 8.36. The van der Waals surface area contributed by atoms with Gasteiger partial charge in [0.25, 0.3) is 0 Å². The second-order valence-electron chi connectivity index (χ2n) is 9.14. The molecule has 0 saturated carbocycles. The van der Waals surface area contributed by atoms with Crippen molar-refractivity contribution in [2.45, 2.75) is 70.6 Å². The zero-order valence-corrected chi connectivity index (χ0v) is 18.9. The van der Waals surface area contributed by atoms with Crippen LogP contribution < -0.4 is 10.1 Å². The molecule has 0 unspecified atom stereocenters. The molecule has 4 rings (SSSR count). The number of fused-ring (bicyclic) bond motifs is 1. The number of carbonyl (C=O) groups excluding carboxylic acids is 2. The molecule has 2 aliphatic heterocycles. The number of carbonyl (C=O) groups is 2. The van der Waals surface area contributed by atoms with Crippen LogP contribution in [0.3, 0.4) is 0 Å². The highest BCUT2D eigenvalue weighted by Crippen LogP contribution is 2.44. The fourth-order valence-electron chi connectivity index (χ4n) is 4.90. The van der Waals surface area contributed by atoms with Gasteiger partial charge < -0.3 is 15.0 Å². The number of aryl methyl sites for hydroxylation is 2. The van der Waals surface area contributed by atoms with E-state index in [0.717, 1.165) is 29.1 Å². The molecule has 1 fully saturated rings. The lowest BCUT2D eigenvalue weighted by atomic mass is 9.82. The van der Waals surface area contributed by atoms with Gasteiger partial charge in [0.2, 0.25) is 11.8 Å². The highest BCUT2D eigenvalue weighted by Gasteiger charge is 2.43. The van der Waals surface area contributed by atoms with Gasteiger partial charge in [-0.2, -0.15) is 5.10 Å². The number of amides is 2. The van der Waals surface area contributed by atoms with Crippen LogP contribution >= 0.6 is 0 Å². The van der Waals surface area contributed by atoms with E-state index in [1.165, 1.54) is 0 Å². The van der Waals surface area contributed by atoms with Crippen molar-refractivity contribution in [3.8, 4) is 5.75 Å². The third kappa shape index (κ3) is 4.45. The topological polar surface area (TPSA) is 76.5 Å². The quantitative estimate of drug-likeness (QED) is 0.815. The number of hydrogen-bond donors (Lipinski definition) is 1. The molecule has 2 aliphatic rings. The molecule has 2 amide bonds. The van der Waals surface area contributed by atoms with E-state index in [4.69, 9.17) is 4.74 Å². The Morgan fingerprint density at radius 2 is 2.10 bits per heavy atom. The summed E-state index contributed by atoms with van der Waals surface area (Å²) in [6.45, 7) is 6.66. The van der Waals surface area contributed by atoms with Crippen molar-refractivity contribution in [2.75, 3.05) is 13.6 Å². The average Bonchev–Trinajstić information content (AvgIpc) is 3.01. The van der Waals surface area contributed by atoms with Gasteiger partial charge >= 0.3 is 0 Å². The first-order valence-corrected chi connectivity index (χ1v) is 11.1. The van der Waals surface area contributed by atoms with Crippen LogP contribution in [0.5, 0.6) is 5.75 Å². The van der Waals surface area contributed by atoms with E-state index in [-0.39, 0.29) is 23.9 Å². The van der Waals surface area contributed by atoms with Gasteiger partial charge in [-0.25, -0.2) is 0 Å². The van der Waals surface area contributed by atoms with E-state index in [0.29, 0.717) is 32.2 Å². The van der Waals surface area contributed by atoms with Gasteiger partial charge in [0.05, 0.1) is 17.8 Å². The zero-order chi connectivity index (χ0) is 22.2. The predicted octanol–water partition coefficient (Wildman–Crippen LogP) is 3.47. The number of para-hydroxylation sites is 1. The number of hydrogen-bond acceptors (Lipinski definition) is 4. The highest BCUT2D eigenvalue weighted by atomic mass is 16.5. The molecule has 3 heterocycles. The first-order chi connectivity index (χ1) is 14.8. The Morgan fingerprint density at radius 3 is 2.84 bits per heavy atom. The number of aromatic nitrogens is 2. The van der Waals surface area contributed by atoms with E-state index in [2.05, 4.69) is 10.4 Å². The first kappa shape index (κ1) is 21.4. The maximum atomic E-state index is 13.0. The minimum atomic E-state index is -0.436. The fourth-order valence-corrected chi connectivity index (χ4v) is 4.90. The van der Waals surface area contributed by atoms with Crippen molar-refractivity contribution in [3.05, 3.63) is 47.3 Å². The zero-order valence-electron chi connectivity index (χ0n) is 18.9. The summed E-state index contributed by atoms with van der Waals surface area (Å²) in [6, 6.07) is 9.77. The van der Waals surface area contributed by atoms with Crippen LogP contribution in [0.2, 0.25) is 0 Å². The molecule has 0 bridgehead atoms. The Bertz CT molecular complexity index is 985. The summed E-state index contributed by atoms with van der Waals surface area (Å²) in [6.07, 6.45) is 2.92. The van der Waals surface area contributed by atoms with Crippen molar-refractivity contribution in [1.82, 2.24) is 20.0 Å². The summed E-state index contributed by atoms with van der Waals surface area (Å²) in [4.78, 5) is 27.0. The van der Waals surface area contributed by atoms with Crippen molar-refractivity contribution in [3.63, 3.8) is 0 Å². The molecule has 31 heavy (non-hydrogen) atoms. The monoisotopic (exact) mass is 424 g/mol. The van der Waals surface area contributed by atoms with E-state index in [1.54, 1.807) is 4.90 Å². The molecule has 0 radical (unpaired) electrons. The van der Waals surface area contributed by atoms with E-state index < -0.39 is 5.60 Å². The summed E-state index contributed by atoms with van der Waals surface area (Å²) in [5, 5.41) is 7.78. The number of nitrogens with zero attached hydrogens (tertiary/aromatic N) is 3. The van der Waals surface area contributed by atoms with Crippen LogP contribution in [-0.2, 0) is 9.59 Å². The van der Waals surface area contributed by atoms with E-state index in [9.17, 15) is 9.59 Å². The SMILES string of the molecule is Cc1cc(C)n([C@H](C)CC(=O)N[C@H]2C[C@@]3(CCC(=O)N(C)CC3)Oc3ccccc32)n1. The van der Waals surface area contributed by atoms with Gasteiger partial charge in [-0.15, -0.1) is 0 Å². The summed E-state index contributed by atoms with van der Waals surface area (Å²) in [5.41, 5.74) is 2.58. The summed E-state index contributed by atoms with van der Waals surface area (Å²) >= 11 is 0. The van der Waals surface area contributed by atoms with Crippen molar-refractivity contribution >= 4 is 11.8 Å². The minimum Gasteiger partial charge on any atom is -0.487 e. The first-order valence-electron chi connectivity index (χ1n) is 11.1. The fraction of sp³-hybridized carbons (Fsp3) is 0.542. The lowest BCUT2D eigenvalue weighted by molar-refractivity contribution is -0.129. The number of nitrogens with one attached hydrogen (secondary N) is 1. The number of ether oxygens (including phenoxy) is 1. The van der Waals surface area contributed by atoms with Gasteiger partial charge in [-0.1, -0.05) is 18.2 Å². The number of rotatable bonds is 4. The lowest BCUT2D eigenvalue weighted by Gasteiger charge is -2.42. The maximum absolute atomic E-state index is 13.0. The van der Waals surface area contributed by atoms with Crippen molar-refractivity contribution in [1.29, 1.82) is 0 Å². The lowest BCUT2D eigenvalue weighted by Crippen LogP contribution is -2.46. The maximum Gasteiger partial charge on any atom is 0.222 e. The molecular formula is C24H32N4O3.